The molecule has 0 aliphatic carbocycles. The monoisotopic (exact) mass is 269 g/mol. The predicted octanol–water partition coefficient (Wildman–Crippen LogP) is 1.78. The summed E-state index contributed by atoms with van der Waals surface area (Å²) < 4.78 is 29.9. The zero-order chi connectivity index (χ0) is 13.2. The van der Waals surface area contributed by atoms with E-state index in [2.05, 4.69) is 0 Å². The maximum atomic E-state index is 12.4. The Bertz CT molecular complexity index is 519. The van der Waals surface area contributed by atoms with E-state index in [1.807, 2.05) is 13.0 Å². The summed E-state index contributed by atoms with van der Waals surface area (Å²) >= 11 is 0. The van der Waals surface area contributed by atoms with Crippen LogP contribution in [0.25, 0.3) is 0 Å². The van der Waals surface area contributed by atoms with E-state index >= 15 is 0 Å². The second kappa shape index (κ2) is 5.28. The Morgan fingerprint density at radius 2 is 2.00 bits per heavy atom. The lowest BCUT2D eigenvalue weighted by atomic mass is 10.0. The smallest absolute Gasteiger partial charge is 0.180 e. The van der Waals surface area contributed by atoms with Gasteiger partial charge in [-0.25, -0.2) is 8.42 Å². The van der Waals surface area contributed by atoms with Crippen molar-refractivity contribution < 1.29 is 13.2 Å². The van der Waals surface area contributed by atoms with Crippen LogP contribution >= 0.6 is 0 Å². The number of nitrogens with two attached hydrogens (primary N) is 1. The molecule has 0 aromatic heterocycles. The number of hydrogen-bond donors (Lipinski definition) is 1. The third-order valence-corrected chi connectivity index (χ3v) is 5.35. The Kier molecular flexibility index (Phi) is 3.92. The molecule has 1 aliphatic rings. The highest BCUT2D eigenvalue weighted by Crippen LogP contribution is 2.26. The van der Waals surface area contributed by atoms with E-state index in [-0.39, 0.29) is 16.6 Å². The van der Waals surface area contributed by atoms with Crippen LogP contribution in [0.1, 0.15) is 18.4 Å². The summed E-state index contributed by atoms with van der Waals surface area (Å²) in [5.41, 5.74) is 7.06. The van der Waals surface area contributed by atoms with Gasteiger partial charge in [-0.1, -0.05) is 12.1 Å². The molecule has 0 unspecified atom stereocenters. The topological polar surface area (TPSA) is 69.4 Å². The van der Waals surface area contributed by atoms with Gasteiger partial charge in [0, 0.05) is 13.2 Å². The molecule has 1 heterocycles. The maximum absolute atomic E-state index is 12.4. The second-order valence-electron chi connectivity index (χ2n) is 4.82. The SMILES string of the molecule is Cc1cccc(S(=O)(=O)CC2CCOCC2)c1N. The highest BCUT2D eigenvalue weighted by Gasteiger charge is 2.25. The number of aryl methyl sites for hydroxylation is 1. The largest absolute Gasteiger partial charge is 0.397 e. The normalized spacial score (nSPS) is 17.8. The second-order valence-corrected chi connectivity index (χ2v) is 6.83. The highest BCUT2D eigenvalue weighted by atomic mass is 32.2. The van der Waals surface area contributed by atoms with E-state index in [0.717, 1.165) is 18.4 Å². The molecule has 18 heavy (non-hydrogen) atoms. The van der Waals surface area contributed by atoms with E-state index < -0.39 is 9.84 Å². The minimum absolute atomic E-state index is 0.171. The van der Waals surface area contributed by atoms with E-state index in [1.165, 1.54) is 0 Å². The molecule has 4 nitrogen and oxygen atoms in total. The Morgan fingerprint density at radius 3 is 2.67 bits per heavy atom. The zero-order valence-corrected chi connectivity index (χ0v) is 11.4. The first-order valence-electron chi connectivity index (χ1n) is 6.16. The van der Waals surface area contributed by atoms with E-state index in [1.54, 1.807) is 12.1 Å². The fourth-order valence-electron chi connectivity index (χ4n) is 2.24. The highest BCUT2D eigenvalue weighted by molar-refractivity contribution is 7.91. The summed E-state index contributed by atoms with van der Waals surface area (Å²) in [5.74, 6) is 0.355. The lowest BCUT2D eigenvalue weighted by Crippen LogP contribution is -2.24. The molecule has 1 saturated heterocycles. The minimum Gasteiger partial charge on any atom is -0.397 e. The lowest BCUT2D eigenvalue weighted by Gasteiger charge is -2.22. The molecule has 1 fully saturated rings. The van der Waals surface area contributed by atoms with Gasteiger partial charge in [0.15, 0.2) is 9.84 Å². The Balaban J connectivity index is 2.22. The van der Waals surface area contributed by atoms with Crippen LogP contribution in [0.2, 0.25) is 0 Å². The summed E-state index contributed by atoms with van der Waals surface area (Å²) in [7, 11) is -3.29. The number of rotatable bonds is 3. The van der Waals surface area contributed by atoms with E-state index in [0.29, 0.717) is 18.9 Å². The maximum Gasteiger partial charge on any atom is 0.180 e. The third-order valence-electron chi connectivity index (χ3n) is 3.42. The molecular weight excluding hydrogens is 250 g/mol. The van der Waals surface area contributed by atoms with Gasteiger partial charge in [-0.15, -0.1) is 0 Å². The van der Waals surface area contributed by atoms with Crippen LogP contribution in [0, 0.1) is 12.8 Å². The molecule has 0 spiro atoms. The summed E-state index contributed by atoms with van der Waals surface area (Å²) in [5, 5.41) is 0. The molecule has 1 aliphatic heterocycles. The number of hydrogen-bond acceptors (Lipinski definition) is 4. The van der Waals surface area contributed by atoms with Crippen LogP contribution in [0.15, 0.2) is 23.1 Å². The number of para-hydroxylation sites is 1. The van der Waals surface area contributed by atoms with Crippen LogP contribution in [0.5, 0.6) is 0 Å². The van der Waals surface area contributed by atoms with Crippen LogP contribution < -0.4 is 5.73 Å². The number of anilines is 1. The molecule has 2 N–H and O–H groups in total. The lowest BCUT2D eigenvalue weighted by molar-refractivity contribution is 0.0723. The van der Waals surface area contributed by atoms with Crippen molar-refractivity contribution in [2.45, 2.75) is 24.7 Å². The first kappa shape index (κ1) is 13.4. The molecule has 5 heteroatoms. The molecule has 2 rings (SSSR count). The fourth-order valence-corrected chi connectivity index (χ4v) is 4.15. The van der Waals surface area contributed by atoms with Gasteiger partial charge < -0.3 is 10.5 Å². The van der Waals surface area contributed by atoms with Gasteiger partial charge in [0.1, 0.15) is 0 Å². The summed E-state index contributed by atoms with van der Waals surface area (Å²) in [4.78, 5) is 0.272. The van der Waals surface area contributed by atoms with Gasteiger partial charge in [0.2, 0.25) is 0 Å². The molecule has 0 saturated carbocycles. The average molecular weight is 269 g/mol. The van der Waals surface area contributed by atoms with Crippen LogP contribution in [-0.4, -0.2) is 27.4 Å². The van der Waals surface area contributed by atoms with E-state index in [9.17, 15) is 8.42 Å². The molecule has 0 bridgehead atoms. The standard InChI is InChI=1S/C13H19NO3S/c1-10-3-2-4-12(13(10)14)18(15,16)9-11-5-7-17-8-6-11/h2-4,11H,5-9,14H2,1H3. The number of ether oxygens (including phenoxy) is 1. The molecule has 1 aromatic rings. The van der Waals surface area contributed by atoms with Crippen LogP contribution in [0.3, 0.4) is 0 Å². The molecule has 0 radical (unpaired) electrons. The van der Waals surface area contributed by atoms with Crippen LogP contribution in [-0.2, 0) is 14.6 Å². The first-order valence-corrected chi connectivity index (χ1v) is 7.81. The van der Waals surface area contributed by atoms with Gasteiger partial charge in [-0.2, -0.15) is 0 Å². The molecule has 0 atom stereocenters. The first-order chi connectivity index (χ1) is 8.50. The molecular formula is C13H19NO3S. The quantitative estimate of drug-likeness (QED) is 0.849. The predicted molar refractivity (Wildman–Crippen MR) is 71.2 cm³/mol. The van der Waals surface area contributed by atoms with Crippen molar-refractivity contribution >= 4 is 15.5 Å². The number of sulfone groups is 1. The van der Waals surface area contributed by atoms with Gasteiger partial charge in [0.25, 0.3) is 0 Å². The van der Waals surface area contributed by atoms with Gasteiger partial charge >= 0.3 is 0 Å². The molecule has 100 valence electrons. The van der Waals surface area contributed by atoms with Crippen molar-refractivity contribution in [1.82, 2.24) is 0 Å². The van der Waals surface area contributed by atoms with Gasteiger partial charge in [-0.3, -0.25) is 0 Å². The summed E-state index contributed by atoms with van der Waals surface area (Å²) in [6.07, 6.45) is 1.62. The van der Waals surface area contributed by atoms with E-state index in [4.69, 9.17) is 10.5 Å². The minimum atomic E-state index is -3.29. The molecule has 0 amide bonds. The van der Waals surface area contributed by atoms with Crippen molar-refractivity contribution in [3.8, 4) is 0 Å². The van der Waals surface area contributed by atoms with Gasteiger partial charge in [-0.05, 0) is 37.3 Å². The van der Waals surface area contributed by atoms with Crippen LogP contribution in [0.4, 0.5) is 5.69 Å². The molecule has 1 aromatic carbocycles. The fraction of sp³-hybridized carbons (Fsp3) is 0.538. The zero-order valence-electron chi connectivity index (χ0n) is 10.6. The Labute approximate surface area is 108 Å². The average Bonchev–Trinajstić information content (AvgIpc) is 2.33. The van der Waals surface area contributed by atoms with Crippen molar-refractivity contribution in [3.05, 3.63) is 23.8 Å². The summed E-state index contributed by atoms with van der Waals surface area (Å²) in [6.45, 7) is 3.13. The van der Waals surface area contributed by atoms with Crippen molar-refractivity contribution in [2.24, 2.45) is 5.92 Å². The van der Waals surface area contributed by atoms with Gasteiger partial charge in [0.05, 0.1) is 16.3 Å². The third kappa shape index (κ3) is 2.84. The number of benzene rings is 1. The Hall–Kier alpha value is -1.07. The van der Waals surface area contributed by atoms with Crippen molar-refractivity contribution in [1.29, 1.82) is 0 Å². The number of nitrogen functional groups attached to an aromatic ring is 1. The van der Waals surface area contributed by atoms with Crippen molar-refractivity contribution in [3.63, 3.8) is 0 Å². The Morgan fingerprint density at radius 1 is 1.33 bits per heavy atom. The van der Waals surface area contributed by atoms with Crippen molar-refractivity contribution in [2.75, 3.05) is 24.7 Å². The summed E-state index contributed by atoms with van der Waals surface area (Å²) in [6, 6.07) is 5.16.